The van der Waals surface area contributed by atoms with E-state index in [0.29, 0.717) is 41.2 Å². The van der Waals surface area contributed by atoms with Crippen LogP contribution >= 0.6 is 11.3 Å². The van der Waals surface area contributed by atoms with Gasteiger partial charge >= 0.3 is 18.3 Å². The van der Waals surface area contributed by atoms with Crippen LogP contribution in [0.5, 0.6) is 11.5 Å². The maximum Gasteiger partial charge on any atom is 0.425 e. The van der Waals surface area contributed by atoms with Gasteiger partial charge in [-0.25, -0.2) is 0 Å². The molecule has 18 heteroatoms. The van der Waals surface area contributed by atoms with Crippen molar-refractivity contribution in [1.29, 1.82) is 0 Å². The summed E-state index contributed by atoms with van der Waals surface area (Å²) in [6.07, 6.45) is -8.36. The third kappa shape index (κ3) is 8.43. The van der Waals surface area contributed by atoms with E-state index in [1.807, 2.05) is 4.90 Å². The molecule has 0 bridgehead atoms. The van der Waals surface area contributed by atoms with Crippen molar-refractivity contribution in [2.45, 2.75) is 50.2 Å². The topological polar surface area (TPSA) is 119 Å². The largest absolute Gasteiger partial charge is 0.488 e. The zero-order chi connectivity index (χ0) is 37.7. The molecule has 2 atom stereocenters. The Labute approximate surface area is 298 Å². The first kappa shape index (κ1) is 38.4. The molecular weight excluding hydrogens is 722 g/mol. The van der Waals surface area contributed by atoms with E-state index in [2.05, 4.69) is 4.98 Å². The first-order valence-corrected chi connectivity index (χ1v) is 17.0. The van der Waals surface area contributed by atoms with Crippen molar-refractivity contribution in [3.8, 4) is 11.5 Å². The molecule has 2 aromatic heterocycles. The number of piperazine rings is 1. The van der Waals surface area contributed by atoms with E-state index >= 15 is 0 Å². The Morgan fingerprint density at radius 1 is 1.00 bits per heavy atom. The van der Waals surface area contributed by atoms with Crippen LogP contribution in [0.15, 0.2) is 54.2 Å². The van der Waals surface area contributed by atoms with Gasteiger partial charge in [0.25, 0.3) is 11.8 Å². The number of benzene rings is 1. The predicted octanol–water partition coefficient (Wildman–Crippen LogP) is 5.48. The van der Waals surface area contributed by atoms with Crippen LogP contribution in [0.2, 0.25) is 0 Å². The predicted molar refractivity (Wildman–Crippen MR) is 174 cm³/mol. The van der Waals surface area contributed by atoms with E-state index in [0.717, 1.165) is 22.7 Å². The van der Waals surface area contributed by atoms with E-state index in [4.69, 9.17) is 14.2 Å². The first-order chi connectivity index (χ1) is 24.7. The van der Waals surface area contributed by atoms with Crippen LogP contribution in [0.4, 0.5) is 32.0 Å². The summed E-state index contributed by atoms with van der Waals surface area (Å²) in [5, 5.41) is 1.05. The molecule has 11 nitrogen and oxygen atoms in total. The minimum Gasteiger partial charge on any atom is -0.488 e. The molecule has 0 N–H and O–H groups in total. The first-order valence-electron chi connectivity index (χ1n) is 16.2. The molecule has 2 saturated heterocycles. The molecule has 2 aliphatic rings. The Balaban J connectivity index is 1.46. The number of carbonyl (C=O) groups excluding carboxylic acids is 4. The van der Waals surface area contributed by atoms with Gasteiger partial charge in [0.05, 0.1) is 22.9 Å². The van der Waals surface area contributed by atoms with Gasteiger partial charge in [0.15, 0.2) is 0 Å². The van der Waals surface area contributed by atoms with Gasteiger partial charge in [-0.2, -0.15) is 26.3 Å². The van der Waals surface area contributed by atoms with Gasteiger partial charge in [-0.3, -0.25) is 19.4 Å². The van der Waals surface area contributed by atoms with Crippen molar-refractivity contribution in [3.05, 3.63) is 70.2 Å². The zero-order valence-corrected chi connectivity index (χ0v) is 28.6. The van der Waals surface area contributed by atoms with E-state index in [-0.39, 0.29) is 64.5 Å². The fourth-order valence-electron chi connectivity index (χ4n) is 6.44. The third-order valence-electron chi connectivity index (χ3n) is 8.73. The number of ether oxygens (including phenoxy) is 3. The lowest BCUT2D eigenvalue weighted by Crippen LogP contribution is -2.69. The summed E-state index contributed by atoms with van der Waals surface area (Å²) in [5.74, 6) is -2.20. The van der Waals surface area contributed by atoms with E-state index < -0.39 is 64.2 Å². The average Bonchev–Trinajstić information content (AvgIpc) is 3.59. The number of esters is 1. The number of thiophene rings is 1. The minimum absolute atomic E-state index is 0.0166. The minimum atomic E-state index is -4.94. The highest BCUT2D eigenvalue weighted by molar-refractivity contribution is 7.10. The summed E-state index contributed by atoms with van der Waals surface area (Å²) in [4.78, 5) is 58.8. The van der Waals surface area contributed by atoms with Crippen LogP contribution in [0.1, 0.15) is 47.0 Å². The number of anilines is 1. The number of aromatic nitrogens is 1. The quantitative estimate of drug-likeness (QED) is 0.109. The third-order valence-corrected chi connectivity index (χ3v) is 9.69. The Kier molecular flexibility index (Phi) is 11.7. The lowest BCUT2D eigenvalue weighted by atomic mass is 9.80. The molecule has 0 aliphatic carbocycles. The van der Waals surface area contributed by atoms with E-state index in [1.165, 1.54) is 11.8 Å². The molecule has 0 saturated carbocycles. The second-order valence-electron chi connectivity index (χ2n) is 12.0. The number of piperidine rings is 1. The van der Waals surface area contributed by atoms with Crippen LogP contribution in [0.25, 0.3) is 0 Å². The Hall–Kier alpha value is -4.87. The maximum absolute atomic E-state index is 14.7. The van der Waals surface area contributed by atoms with Crippen molar-refractivity contribution in [2.75, 3.05) is 50.8 Å². The number of halogens is 6. The van der Waals surface area contributed by atoms with Crippen molar-refractivity contribution < 1.29 is 59.7 Å². The highest BCUT2D eigenvalue weighted by Gasteiger charge is 2.56. The maximum atomic E-state index is 14.7. The van der Waals surface area contributed by atoms with Gasteiger partial charge in [0.1, 0.15) is 35.9 Å². The number of pyridine rings is 1. The van der Waals surface area contributed by atoms with Gasteiger partial charge in [-0.1, -0.05) is 12.1 Å². The second kappa shape index (κ2) is 15.8. The SMILES string of the molecule is CC(=O)OCCOc1ccccc1N1CCN(C(=O)[C@]2(Oc3csc(C(F)(F)F)c3)CCCN(C(=O)c3cnccc3C(F)(F)F)[C@@H]2CC=O)CC1. The fourth-order valence-corrected chi connectivity index (χ4v) is 7.12. The number of amides is 2. The number of nitrogens with zero attached hydrogens (tertiary/aromatic N) is 4. The molecule has 2 aliphatic heterocycles. The number of para-hydroxylation sites is 2. The molecule has 0 radical (unpaired) electrons. The summed E-state index contributed by atoms with van der Waals surface area (Å²) in [5.41, 5.74) is -3.54. The van der Waals surface area contributed by atoms with Crippen molar-refractivity contribution >= 4 is 41.1 Å². The zero-order valence-electron chi connectivity index (χ0n) is 27.7. The molecule has 0 unspecified atom stereocenters. The van der Waals surface area contributed by atoms with Gasteiger partial charge in [0, 0.05) is 76.3 Å². The molecule has 2 amide bonds. The van der Waals surface area contributed by atoms with Crippen molar-refractivity contribution in [1.82, 2.24) is 14.8 Å². The Morgan fingerprint density at radius 2 is 1.73 bits per heavy atom. The van der Waals surface area contributed by atoms with E-state index in [1.54, 1.807) is 24.3 Å². The number of hydrogen-bond donors (Lipinski definition) is 0. The van der Waals surface area contributed by atoms with Crippen LogP contribution < -0.4 is 14.4 Å². The van der Waals surface area contributed by atoms with Crippen LogP contribution in [0, 0.1) is 0 Å². The van der Waals surface area contributed by atoms with Crippen LogP contribution in [-0.4, -0.2) is 96.4 Å². The molecule has 52 heavy (non-hydrogen) atoms. The van der Waals surface area contributed by atoms with Gasteiger partial charge in [0.2, 0.25) is 5.60 Å². The standard InChI is InChI=1S/C34H34F6N4O7S/c1-22(46)49-17-18-50-27-6-3-2-5-26(27)42-12-14-43(15-13-42)31(48)32(51-23-19-29(52-21-23)34(38,39)40)9-4-11-44(28(32)8-16-45)30(47)24-20-41-10-7-25(24)33(35,36)37/h2-3,5-7,10,16,19-21,28H,4,8-9,11-15,17-18H2,1H3/t28-,32+/m1/s1. The molecule has 3 aromatic rings. The fraction of sp³-hybridized carbons (Fsp3) is 0.441. The summed E-state index contributed by atoms with van der Waals surface area (Å²) in [7, 11) is 0. The molecule has 5 rings (SSSR count). The lowest BCUT2D eigenvalue weighted by Gasteiger charge is -2.50. The second-order valence-corrected chi connectivity index (χ2v) is 12.9. The summed E-state index contributed by atoms with van der Waals surface area (Å²) in [6.45, 7) is 1.90. The smallest absolute Gasteiger partial charge is 0.425 e. The van der Waals surface area contributed by atoms with Gasteiger partial charge in [-0.05, 0) is 24.6 Å². The molecule has 0 spiro atoms. The number of carbonyl (C=O) groups is 4. The molecule has 280 valence electrons. The Bertz CT molecular complexity index is 1760. The van der Waals surface area contributed by atoms with Crippen LogP contribution in [0.3, 0.4) is 0 Å². The number of aldehydes is 1. The molecule has 4 heterocycles. The number of hydrogen-bond acceptors (Lipinski definition) is 10. The normalized spacial score (nSPS) is 19.6. The van der Waals surface area contributed by atoms with E-state index in [9.17, 15) is 45.5 Å². The molecular formula is C34H34F6N4O7S. The molecule has 2 fully saturated rings. The van der Waals surface area contributed by atoms with Gasteiger partial charge < -0.3 is 33.7 Å². The number of alkyl halides is 6. The summed E-state index contributed by atoms with van der Waals surface area (Å²) >= 11 is 0.321. The summed E-state index contributed by atoms with van der Waals surface area (Å²) in [6, 6.07) is 6.92. The highest BCUT2D eigenvalue weighted by Crippen LogP contribution is 2.42. The van der Waals surface area contributed by atoms with Crippen molar-refractivity contribution in [2.24, 2.45) is 0 Å². The van der Waals surface area contributed by atoms with Crippen LogP contribution in [-0.2, 0) is 31.5 Å². The molecule has 1 aromatic carbocycles. The highest BCUT2D eigenvalue weighted by atomic mass is 32.1. The summed E-state index contributed by atoms with van der Waals surface area (Å²) < 4.78 is 99.5. The van der Waals surface area contributed by atoms with Gasteiger partial charge in [-0.15, -0.1) is 11.3 Å². The average molecular weight is 757 g/mol. The van der Waals surface area contributed by atoms with Crippen molar-refractivity contribution in [3.63, 3.8) is 0 Å². The number of rotatable bonds is 11. The lowest BCUT2D eigenvalue weighted by molar-refractivity contribution is -0.159. The Morgan fingerprint density at radius 3 is 2.38 bits per heavy atom. The number of likely N-dealkylation sites (tertiary alicyclic amines) is 1. The monoisotopic (exact) mass is 756 g/mol.